The van der Waals surface area contributed by atoms with E-state index in [1.54, 1.807) is 13.8 Å². The molecule has 0 atom stereocenters. The number of aliphatic hydroxyl groups excluding tert-OH is 1. The number of ether oxygens (including phenoxy) is 2. The summed E-state index contributed by atoms with van der Waals surface area (Å²) in [5.41, 5.74) is 4.14. The van der Waals surface area contributed by atoms with Crippen molar-refractivity contribution in [3.05, 3.63) is 57.9 Å². The van der Waals surface area contributed by atoms with Crippen LogP contribution in [0.15, 0.2) is 24.3 Å². The predicted octanol–water partition coefficient (Wildman–Crippen LogP) is 2.32. The van der Waals surface area contributed by atoms with Gasteiger partial charge in [-0.15, -0.1) is 0 Å². The van der Waals surface area contributed by atoms with Crippen LogP contribution in [0.3, 0.4) is 0 Å². The SMILES string of the molecule is COCCOC(=O)c1c(C)[nH]c(C(=O)NCc2ccc(CN3CCC(O)CC3)cc2)c1C. The Morgan fingerprint density at radius 2 is 1.78 bits per heavy atom. The highest BCUT2D eigenvalue weighted by Crippen LogP contribution is 2.19. The fraction of sp³-hybridized carbons (Fsp3) is 0.500. The molecular formula is C24H33N3O5. The van der Waals surface area contributed by atoms with E-state index in [1.807, 2.05) is 12.1 Å². The van der Waals surface area contributed by atoms with Gasteiger partial charge in [0.15, 0.2) is 0 Å². The average Bonchev–Trinajstić information content (AvgIpc) is 3.08. The first-order valence-electron chi connectivity index (χ1n) is 11.0. The summed E-state index contributed by atoms with van der Waals surface area (Å²) in [7, 11) is 1.54. The van der Waals surface area contributed by atoms with Crippen molar-refractivity contribution in [3.8, 4) is 0 Å². The summed E-state index contributed by atoms with van der Waals surface area (Å²) in [6, 6.07) is 8.18. The molecule has 8 heteroatoms. The molecule has 0 radical (unpaired) electrons. The maximum Gasteiger partial charge on any atom is 0.340 e. The number of nitrogens with one attached hydrogen (secondary N) is 2. The standard InChI is InChI=1S/C24H33N3O5/c1-16-21(24(30)32-13-12-31-3)17(2)26-22(16)23(29)25-14-18-4-6-19(7-5-18)15-27-10-8-20(28)9-11-27/h4-7,20,26,28H,8-15H2,1-3H3,(H,25,29). The molecule has 1 aliphatic rings. The smallest absolute Gasteiger partial charge is 0.340 e. The lowest BCUT2D eigenvalue weighted by Gasteiger charge is -2.29. The summed E-state index contributed by atoms with van der Waals surface area (Å²) < 4.78 is 10.1. The van der Waals surface area contributed by atoms with Crippen LogP contribution in [0.25, 0.3) is 0 Å². The van der Waals surface area contributed by atoms with Crippen molar-refractivity contribution in [3.63, 3.8) is 0 Å². The van der Waals surface area contributed by atoms with Gasteiger partial charge in [-0.25, -0.2) is 4.79 Å². The lowest BCUT2D eigenvalue weighted by atomic mass is 10.1. The second-order valence-corrected chi connectivity index (χ2v) is 8.26. The van der Waals surface area contributed by atoms with Gasteiger partial charge in [0.25, 0.3) is 5.91 Å². The summed E-state index contributed by atoms with van der Waals surface area (Å²) in [4.78, 5) is 30.4. The molecule has 174 valence electrons. The first-order chi connectivity index (χ1) is 15.4. The number of nitrogens with zero attached hydrogens (tertiary/aromatic N) is 1. The number of likely N-dealkylation sites (tertiary alicyclic amines) is 1. The highest BCUT2D eigenvalue weighted by atomic mass is 16.6. The number of aryl methyl sites for hydroxylation is 1. The molecular weight excluding hydrogens is 410 g/mol. The Morgan fingerprint density at radius 1 is 1.12 bits per heavy atom. The van der Waals surface area contributed by atoms with Gasteiger partial charge in [-0.1, -0.05) is 24.3 Å². The summed E-state index contributed by atoms with van der Waals surface area (Å²) in [5.74, 6) is -0.733. The number of hydrogen-bond donors (Lipinski definition) is 3. The van der Waals surface area contributed by atoms with Crippen molar-refractivity contribution >= 4 is 11.9 Å². The van der Waals surface area contributed by atoms with Crippen molar-refractivity contribution in [2.45, 2.75) is 45.9 Å². The first kappa shape index (κ1) is 24.0. The number of methoxy groups -OCH3 is 1. The second kappa shape index (κ2) is 11.3. The van der Waals surface area contributed by atoms with Gasteiger partial charge in [0.05, 0.1) is 18.3 Å². The Bertz CT molecular complexity index is 914. The maximum absolute atomic E-state index is 12.7. The van der Waals surface area contributed by atoms with Crippen LogP contribution in [0.1, 0.15) is 56.1 Å². The van der Waals surface area contributed by atoms with E-state index >= 15 is 0 Å². The zero-order valence-electron chi connectivity index (χ0n) is 19.1. The fourth-order valence-corrected chi connectivity index (χ4v) is 3.94. The highest BCUT2D eigenvalue weighted by molar-refractivity contribution is 6.00. The quantitative estimate of drug-likeness (QED) is 0.406. The van der Waals surface area contributed by atoms with E-state index in [2.05, 4.69) is 27.3 Å². The van der Waals surface area contributed by atoms with Gasteiger partial charge in [-0.05, 0) is 43.4 Å². The Balaban J connectivity index is 1.54. The van der Waals surface area contributed by atoms with Gasteiger partial charge in [-0.3, -0.25) is 9.69 Å². The van der Waals surface area contributed by atoms with Gasteiger partial charge in [0.1, 0.15) is 12.3 Å². The van der Waals surface area contributed by atoms with E-state index in [1.165, 1.54) is 12.7 Å². The average molecular weight is 444 g/mol. The Kier molecular flexibility index (Phi) is 8.44. The van der Waals surface area contributed by atoms with Crippen molar-refractivity contribution in [1.29, 1.82) is 0 Å². The topological polar surface area (TPSA) is 104 Å². The molecule has 0 saturated carbocycles. The van der Waals surface area contributed by atoms with Crippen LogP contribution in [0.2, 0.25) is 0 Å². The number of esters is 1. The van der Waals surface area contributed by atoms with Crippen LogP contribution >= 0.6 is 0 Å². The van der Waals surface area contributed by atoms with Gasteiger partial charge in [-0.2, -0.15) is 0 Å². The van der Waals surface area contributed by atoms with Crippen LogP contribution in [0.4, 0.5) is 0 Å². The molecule has 3 rings (SSSR count). The van der Waals surface area contributed by atoms with E-state index < -0.39 is 5.97 Å². The molecule has 8 nitrogen and oxygen atoms in total. The Hall–Kier alpha value is -2.68. The van der Waals surface area contributed by atoms with Crippen LogP contribution in [-0.4, -0.2) is 66.4 Å². The first-order valence-corrected chi connectivity index (χ1v) is 11.0. The lowest BCUT2D eigenvalue weighted by Crippen LogP contribution is -2.35. The molecule has 1 aromatic heterocycles. The Labute approximate surface area is 188 Å². The molecule has 0 spiro atoms. The monoisotopic (exact) mass is 443 g/mol. The molecule has 32 heavy (non-hydrogen) atoms. The lowest BCUT2D eigenvalue weighted by molar-refractivity contribution is 0.0386. The highest BCUT2D eigenvalue weighted by Gasteiger charge is 2.23. The summed E-state index contributed by atoms with van der Waals surface area (Å²) in [6.07, 6.45) is 1.49. The number of amides is 1. The molecule has 1 aromatic carbocycles. The van der Waals surface area contributed by atoms with E-state index in [4.69, 9.17) is 9.47 Å². The van der Waals surface area contributed by atoms with Crippen LogP contribution in [0.5, 0.6) is 0 Å². The third-order valence-electron chi connectivity index (χ3n) is 5.83. The van der Waals surface area contributed by atoms with Crippen molar-refractivity contribution < 1.29 is 24.2 Å². The van der Waals surface area contributed by atoms with Crippen molar-refractivity contribution in [2.24, 2.45) is 0 Å². The number of aliphatic hydroxyl groups is 1. The number of benzene rings is 1. The Morgan fingerprint density at radius 3 is 2.44 bits per heavy atom. The minimum Gasteiger partial charge on any atom is -0.460 e. The summed E-state index contributed by atoms with van der Waals surface area (Å²) in [5, 5.41) is 12.5. The zero-order valence-corrected chi connectivity index (χ0v) is 19.1. The van der Waals surface area contributed by atoms with Crippen LogP contribution in [-0.2, 0) is 22.6 Å². The van der Waals surface area contributed by atoms with Gasteiger partial charge >= 0.3 is 5.97 Å². The molecule has 0 aliphatic carbocycles. The normalized spacial score (nSPS) is 15.0. The van der Waals surface area contributed by atoms with Crippen LogP contribution < -0.4 is 5.32 Å². The number of H-pyrrole nitrogens is 1. The zero-order chi connectivity index (χ0) is 23.1. The molecule has 0 unspecified atom stereocenters. The summed E-state index contributed by atoms with van der Waals surface area (Å²) >= 11 is 0. The molecule has 0 bridgehead atoms. The van der Waals surface area contributed by atoms with Gasteiger partial charge in [0.2, 0.25) is 0 Å². The minimum atomic E-state index is -0.467. The fourth-order valence-electron chi connectivity index (χ4n) is 3.94. The number of piperidine rings is 1. The molecule has 3 N–H and O–H groups in total. The summed E-state index contributed by atoms with van der Waals surface area (Å²) in [6.45, 7) is 7.05. The third-order valence-corrected chi connectivity index (χ3v) is 5.83. The van der Waals surface area contributed by atoms with Crippen molar-refractivity contribution in [1.82, 2.24) is 15.2 Å². The molecule has 1 fully saturated rings. The molecule has 1 amide bonds. The van der Waals surface area contributed by atoms with E-state index in [0.717, 1.165) is 38.0 Å². The predicted molar refractivity (Wildman–Crippen MR) is 121 cm³/mol. The number of carbonyl (C=O) groups is 2. The number of hydrogen-bond acceptors (Lipinski definition) is 6. The third kappa shape index (κ3) is 6.18. The largest absolute Gasteiger partial charge is 0.460 e. The molecule has 1 saturated heterocycles. The number of rotatable bonds is 9. The second-order valence-electron chi connectivity index (χ2n) is 8.26. The number of carbonyl (C=O) groups excluding carboxylic acids is 2. The molecule has 2 aromatic rings. The van der Waals surface area contributed by atoms with E-state index in [9.17, 15) is 14.7 Å². The van der Waals surface area contributed by atoms with E-state index in [-0.39, 0.29) is 18.6 Å². The van der Waals surface area contributed by atoms with Crippen LogP contribution in [0, 0.1) is 13.8 Å². The van der Waals surface area contributed by atoms with E-state index in [0.29, 0.717) is 35.7 Å². The molecule has 1 aliphatic heterocycles. The minimum absolute atomic E-state index is 0.163. The van der Waals surface area contributed by atoms with Gasteiger partial charge < -0.3 is 24.9 Å². The maximum atomic E-state index is 12.7. The van der Waals surface area contributed by atoms with Crippen molar-refractivity contribution in [2.75, 3.05) is 33.4 Å². The molecule has 2 heterocycles. The van der Waals surface area contributed by atoms with Gasteiger partial charge in [0, 0.05) is 39.0 Å². The number of aromatic nitrogens is 1. The number of aromatic amines is 1.